The van der Waals surface area contributed by atoms with Gasteiger partial charge in [0.15, 0.2) is 11.6 Å². The molecule has 0 saturated heterocycles. The highest BCUT2D eigenvalue weighted by Gasteiger charge is 2.16. The summed E-state index contributed by atoms with van der Waals surface area (Å²) in [6.45, 7) is 3.05. The van der Waals surface area contributed by atoms with E-state index in [0.29, 0.717) is 5.56 Å². The summed E-state index contributed by atoms with van der Waals surface area (Å²) in [7, 11) is 1.36. The molecule has 0 aliphatic heterocycles. The molecule has 84 valence electrons. The standard InChI is InChI=1S/C11H15F2NO/c1-6(12)8-4-9(7(2)14)11(15-3)10(13)5-8/h4-7H,14H2,1-3H3. The lowest BCUT2D eigenvalue weighted by molar-refractivity contribution is 0.361. The zero-order chi connectivity index (χ0) is 11.6. The van der Waals surface area contributed by atoms with Crippen molar-refractivity contribution in [3.63, 3.8) is 0 Å². The van der Waals surface area contributed by atoms with E-state index in [1.54, 1.807) is 6.92 Å². The number of hydrogen-bond acceptors (Lipinski definition) is 2. The molecule has 2 unspecified atom stereocenters. The van der Waals surface area contributed by atoms with Gasteiger partial charge in [0.1, 0.15) is 6.17 Å². The van der Waals surface area contributed by atoms with Crippen molar-refractivity contribution in [2.45, 2.75) is 26.1 Å². The quantitative estimate of drug-likeness (QED) is 0.841. The van der Waals surface area contributed by atoms with Crippen LogP contribution >= 0.6 is 0 Å². The monoisotopic (exact) mass is 215 g/mol. The van der Waals surface area contributed by atoms with Crippen molar-refractivity contribution in [3.05, 3.63) is 29.1 Å². The Morgan fingerprint density at radius 2 is 1.93 bits per heavy atom. The molecule has 1 aromatic rings. The van der Waals surface area contributed by atoms with Gasteiger partial charge in [0, 0.05) is 11.6 Å². The molecule has 0 aromatic heterocycles. The molecule has 0 amide bonds. The molecule has 1 rings (SSSR count). The minimum Gasteiger partial charge on any atom is -0.493 e. The largest absolute Gasteiger partial charge is 0.493 e. The molecule has 0 spiro atoms. The van der Waals surface area contributed by atoms with E-state index in [1.807, 2.05) is 0 Å². The van der Waals surface area contributed by atoms with Crippen molar-refractivity contribution in [2.24, 2.45) is 5.73 Å². The Labute approximate surface area is 88.0 Å². The minimum atomic E-state index is -1.22. The summed E-state index contributed by atoms with van der Waals surface area (Å²) in [6, 6.07) is 2.28. The fourth-order valence-electron chi connectivity index (χ4n) is 1.42. The maximum absolute atomic E-state index is 13.5. The SMILES string of the molecule is COc1c(F)cc(C(C)F)cc1C(C)N. The molecule has 15 heavy (non-hydrogen) atoms. The van der Waals surface area contributed by atoms with Crippen molar-refractivity contribution < 1.29 is 13.5 Å². The lowest BCUT2D eigenvalue weighted by atomic mass is 10.0. The van der Waals surface area contributed by atoms with Crippen molar-refractivity contribution in [2.75, 3.05) is 7.11 Å². The third kappa shape index (κ3) is 2.45. The molecule has 2 nitrogen and oxygen atoms in total. The predicted octanol–water partition coefficient (Wildman–Crippen LogP) is 2.88. The average molecular weight is 215 g/mol. The van der Waals surface area contributed by atoms with Gasteiger partial charge in [-0.3, -0.25) is 0 Å². The second kappa shape index (κ2) is 4.57. The molecule has 0 bridgehead atoms. The fourth-order valence-corrected chi connectivity index (χ4v) is 1.42. The van der Waals surface area contributed by atoms with Gasteiger partial charge in [0.2, 0.25) is 0 Å². The van der Waals surface area contributed by atoms with Gasteiger partial charge in [-0.1, -0.05) is 0 Å². The van der Waals surface area contributed by atoms with Crippen LogP contribution in [0.5, 0.6) is 5.75 Å². The van der Waals surface area contributed by atoms with Crippen LogP contribution in [0.1, 0.15) is 37.2 Å². The molecule has 1 aromatic carbocycles. The Kier molecular flexibility index (Phi) is 3.63. The second-order valence-electron chi connectivity index (χ2n) is 3.53. The molecular formula is C11H15F2NO. The molecule has 2 atom stereocenters. The number of halogens is 2. The molecule has 0 aliphatic rings. The van der Waals surface area contributed by atoms with Crippen LogP contribution in [0, 0.1) is 5.82 Å². The first-order chi connectivity index (χ1) is 6.97. The molecule has 0 fully saturated rings. The maximum atomic E-state index is 13.5. The van der Waals surface area contributed by atoms with Crippen LogP contribution in [0.15, 0.2) is 12.1 Å². The van der Waals surface area contributed by atoms with Gasteiger partial charge in [-0.2, -0.15) is 0 Å². The van der Waals surface area contributed by atoms with Crippen LogP contribution in [0.2, 0.25) is 0 Å². The Balaban J connectivity index is 3.32. The van der Waals surface area contributed by atoms with Crippen molar-refractivity contribution in [3.8, 4) is 5.75 Å². The summed E-state index contributed by atoms with van der Waals surface area (Å²) in [6.07, 6.45) is -1.22. The third-order valence-electron chi connectivity index (χ3n) is 2.25. The number of hydrogen-bond donors (Lipinski definition) is 1. The molecule has 4 heteroatoms. The summed E-state index contributed by atoms with van der Waals surface area (Å²) in [5.41, 5.74) is 6.42. The van der Waals surface area contributed by atoms with E-state index >= 15 is 0 Å². The molecule has 0 radical (unpaired) electrons. The van der Waals surface area contributed by atoms with Crippen molar-refractivity contribution >= 4 is 0 Å². The summed E-state index contributed by atoms with van der Waals surface area (Å²) >= 11 is 0. The van der Waals surface area contributed by atoms with Crippen LogP contribution in [-0.4, -0.2) is 7.11 Å². The van der Waals surface area contributed by atoms with Gasteiger partial charge in [-0.05, 0) is 31.5 Å². The van der Waals surface area contributed by atoms with Crippen molar-refractivity contribution in [1.82, 2.24) is 0 Å². The first kappa shape index (κ1) is 11.9. The zero-order valence-corrected chi connectivity index (χ0v) is 9.05. The highest BCUT2D eigenvalue weighted by atomic mass is 19.1. The van der Waals surface area contributed by atoms with Crippen molar-refractivity contribution in [1.29, 1.82) is 0 Å². The topological polar surface area (TPSA) is 35.2 Å². The second-order valence-corrected chi connectivity index (χ2v) is 3.53. The number of benzene rings is 1. The first-order valence-electron chi connectivity index (χ1n) is 4.74. The van der Waals surface area contributed by atoms with Gasteiger partial charge < -0.3 is 10.5 Å². The van der Waals surface area contributed by atoms with Gasteiger partial charge in [-0.15, -0.1) is 0 Å². The van der Waals surface area contributed by atoms with Crippen LogP contribution in [-0.2, 0) is 0 Å². The molecule has 0 heterocycles. The summed E-state index contributed by atoms with van der Waals surface area (Å²) in [5.74, 6) is -0.485. The van der Waals surface area contributed by atoms with Gasteiger partial charge in [0.05, 0.1) is 7.11 Å². The van der Waals surface area contributed by atoms with Crippen LogP contribution in [0.25, 0.3) is 0 Å². The molecule has 0 saturated carbocycles. The zero-order valence-electron chi connectivity index (χ0n) is 9.05. The highest BCUT2D eigenvalue weighted by molar-refractivity contribution is 5.41. The Morgan fingerprint density at radius 3 is 2.33 bits per heavy atom. The Morgan fingerprint density at radius 1 is 1.33 bits per heavy atom. The van der Waals surface area contributed by atoms with E-state index in [2.05, 4.69) is 0 Å². The highest BCUT2D eigenvalue weighted by Crippen LogP contribution is 2.31. The average Bonchev–Trinajstić information content (AvgIpc) is 2.16. The minimum absolute atomic E-state index is 0.0920. The van der Waals surface area contributed by atoms with E-state index in [9.17, 15) is 8.78 Å². The number of rotatable bonds is 3. The van der Waals surface area contributed by atoms with E-state index < -0.39 is 18.0 Å². The Bertz CT molecular complexity index is 351. The fraction of sp³-hybridized carbons (Fsp3) is 0.455. The smallest absolute Gasteiger partial charge is 0.165 e. The molecule has 0 aliphatic carbocycles. The van der Waals surface area contributed by atoms with E-state index in [0.717, 1.165) is 6.07 Å². The first-order valence-corrected chi connectivity index (χ1v) is 4.74. The lowest BCUT2D eigenvalue weighted by Gasteiger charge is -2.15. The number of nitrogens with two attached hydrogens (primary N) is 1. The molecule has 2 N–H and O–H groups in total. The summed E-state index contributed by atoms with van der Waals surface area (Å²) in [4.78, 5) is 0. The van der Waals surface area contributed by atoms with E-state index in [-0.39, 0.29) is 11.3 Å². The normalized spacial score (nSPS) is 14.8. The van der Waals surface area contributed by atoms with Crippen LogP contribution in [0.4, 0.5) is 8.78 Å². The number of methoxy groups -OCH3 is 1. The molecular weight excluding hydrogens is 200 g/mol. The van der Waals surface area contributed by atoms with E-state index in [4.69, 9.17) is 10.5 Å². The van der Waals surface area contributed by atoms with Gasteiger partial charge in [-0.25, -0.2) is 8.78 Å². The number of ether oxygens (including phenoxy) is 1. The summed E-state index contributed by atoms with van der Waals surface area (Å²) < 4.78 is 31.4. The van der Waals surface area contributed by atoms with Gasteiger partial charge >= 0.3 is 0 Å². The maximum Gasteiger partial charge on any atom is 0.165 e. The predicted molar refractivity (Wildman–Crippen MR) is 55.1 cm³/mol. The Hall–Kier alpha value is -1.16. The third-order valence-corrected chi connectivity index (χ3v) is 2.25. The van der Waals surface area contributed by atoms with Crippen LogP contribution < -0.4 is 10.5 Å². The lowest BCUT2D eigenvalue weighted by Crippen LogP contribution is -2.09. The van der Waals surface area contributed by atoms with Gasteiger partial charge in [0.25, 0.3) is 0 Å². The number of alkyl halides is 1. The summed E-state index contributed by atoms with van der Waals surface area (Å²) in [5, 5.41) is 0. The van der Waals surface area contributed by atoms with E-state index in [1.165, 1.54) is 20.1 Å². The van der Waals surface area contributed by atoms with Crippen LogP contribution in [0.3, 0.4) is 0 Å².